The number of unbranched alkanes of at least 4 members (excludes halogenated alkanes) is 2. The Morgan fingerprint density at radius 1 is 1.00 bits per heavy atom. The molecule has 1 saturated heterocycles. The van der Waals surface area contributed by atoms with Crippen molar-refractivity contribution in [2.24, 2.45) is 0 Å². The molecular formula is C30H29N3O5S. The van der Waals surface area contributed by atoms with Gasteiger partial charge in [-0.2, -0.15) is 0 Å². The number of aromatic nitrogens is 2. The van der Waals surface area contributed by atoms with E-state index in [4.69, 9.17) is 9.47 Å². The number of carbonyl (C=O) groups excluding carboxylic acids is 2. The third kappa shape index (κ3) is 5.35. The number of thiazole rings is 1. The number of amides is 1. The molecule has 4 aromatic rings. The fourth-order valence-corrected chi connectivity index (χ4v) is 5.60. The topological polar surface area (TPSA) is 102 Å². The van der Waals surface area contributed by atoms with E-state index in [1.165, 1.54) is 28.6 Å². The number of hydrogen-bond donors (Lipinski definition) is 1. The van der Waals surface area contributed by atoms with E-state index in [9.17, 15) is 14.7 Å². The van der Waals surface area contributed by atoms with E-state index >= 15 is 0 Å². The summed E-state index contributed by atoms with van der Waals surface area (Å²) in [6.45, 7) is 5.13. The van der Waals surface area contributed by atoms with Crippen LogP contribution in [0, 0.1) is 0 Å². The molecule has 1 unspecified atom stereocenters. The molecule has 0 saturated carbocycles. The Bertz CT molecular complexity index is 1530. The van der Waals surface area contributed by atoms with Crippen LogP contribution in [-0.4, -0.2) is 40.0 Å². The fraction of sp³-hybridized carbons (Fsp3) is 0.267. The lowest BCUT2D eigenvalue weighted by Gasteiger charge is -2.23. The second-order valence-corrected chi connectivity index (χ2v) is 10.1. The summed E-state index contributed by atoms with van der Waals surface area (Å²) < 4.78 is 12.4. The molecule has 2 aromatic carbocycles. The Morgan fingerprint density at radius 2 is 1.79 bits per heavy atom. The van der Waals surface area contributed by atoms with Crippen molar-refractivity contribution in [1.82, 2.24) is 9.97 Å². The number of ketones is 1. The minimum Gasteiger partial charge on any atom is -0.507 e. The lowest BCUT2D eigenvalue weighted by atomic mass is 9.95. The van der Waals surface area contributed by atoms with Gasteiger partial charge < -0.3 is 14.6 Å². The number of anilines is 1. The van der Waals surface area contributed by atoms with Crippen LogP contribution in [0.4, 0.5) is 5.13 Å². The summed E-state index contributed by atoms with van der Waals surface area (Å²) in [5, 5.41) is 11.7. The molecule has 0 radical (unpaired) electrons. The molecular weight excluding hydrogens is 514 g/mol. The maximum absolute atomic E-state index is 13.5. The van der Waals surface area contributed by atoms with Crippen molar-refractivity contribution in [3.05, 3.63) is 83.7 Å². The summed E-state index contributed by atoms with van der Waals surface area (Å²) in [5.41, 5.74) is 1.70. The van der Waals surface area contributed by atoms with Crippen molar-refractivity contribution >= 4 is 44.1 Å². The summed E-state index contributed by atoms with van der Waals surface area (Å²) in [6.07, 6.45) is 6.12. The third-order valence-electron chi connectivity index (χ3n) is 6.45. The first-order valence-corrected chi connectivity index (χ1v) is 13.8. The normalized spacial score (nSPS) is 16.7. The van der Waals surface area contributed by atoms with Gasteiger partial charge in [-0.3, -0.25) is 19.5 Å². The van der Waals surface area contributed by atoms with E-state index in [1.54, 1.807) is 12.1 Å². The van der Waals surface area contributed by atoms with Crippen molar-refractivity contribution in [2.45, 2.75) is 39.2 Å². The molecule has 1 aliphatic rings. The average molecular weight is 544 g/mol. The van der Waals surface area contributed by atoms with E-state index in [1.807, 2.05) is 49.4 Å². The molecule has 1 fully saturated rings. The van der Waals surface area contributed by atoms with Gasteiger partial charge in [-0.05, 0) is 61.4 Å². The van der Waals surface area contributed by atoms with Gasteiger partial charge in [-0.15, -0.1) is 0 Å². The predicted octanol–water partition coefficient (Wildman–Crippen LogP) is 6.29. The molecule has 2 aromatic heterocycles. The molecule has 1 atom stereocenters. The van der Waals surface area contributed by atoms with E-state index in [0.29, 0.717) is 46.5 Å². The van der Waals surface area contributed by atoms with Crippen LogP contribution >= 0.6 is 11.3 Å². The maximum Gasteiger partial charge on any atom is 0.301 e. The van der Waals surface area contributed by atoms with E-state index in [2.05, 4.69) is 16.9 Å². The van der Waals surface area contributed by atoms with E-state index in [-0.39, 0.29) is 11.3 Å². The Morgan fingerprint density at radius 3 is 2.56 bits per heavy atom. The largest absolute Gasteiger partial charge is 0.507 e. The Hall–Kier alpha value is -4.24. The van der Waals surface area contributed by atoms with Gasteiger partial charge in [0.1, 0.15) is 17.3 Å². The molecule has 0 aliphatic carbocycles. The van der Waals surface area contributed by atoms with Crippen LogP contribution in [0.5, 0.6) is 11.5 Å². The minimum absolute atomic E-state index is 0.0106. The molecule has 5 rings (SSSR count). The molecule has 1 amide bonds. The number of ether oxygens (including phenoxy) is 2. The third-order valence-corrected chi connectivity index (χ3v) is 7.47. The number of aliphatic hydroxyl groups is 1. The lowest BCUT2D eigenvalue weighted by Crippen LogP contribution is -2.29. The average Bonchev–Trinajstić information content (AvgIpc) is 3.49. The van der Waals surface area contributed by atoms with Gasteiger partial charge in [0, 0.05) is 18.0 Å². The van der Waals surface area contributed by atoms with Gasteiger partial charge in [-0.1, -0.05) is 43.2 Å². The predicted molar refractivity (Wildman–Crippen MR) is 151 cm³/mol. The van der Waals surface area contributed by atoms with Gasteiger partial charge in [0.05, 0.1) is 35.0 Å². The molecule has 3 heterocycles. The van der Waals surface area contributed by atoms with Crippen molar-refractivity contribution in [2.75, 3.05) is 18.1 Å². The first-order valence-electron chi connectivity index (χ1n) is 13.0. The monoisotopic (exact) mass is 543 g/mol. The SMILES string of the molecule is CCCCCOc1cccc(C2/C(=C(\O)c3ccncc3)C(=O)C(=O)N2c2nc3ccc(OCC)cc3s2)c1. The Balaban J connectivity index is 1.62. The van der Waals surface area contributed by atoms with Gasteiger partial charge in [0.15, 0.2) is 5.13 Å². The first-order chi connectivity index (χ1) is 19.0. The quantitative estimate of drug-likeness (QED) is 0.109. The highest BCUT2D eigenvalue weighted by Gasteiger charge is 2.48. The fourth-order valence-electron chi connectivity index (χ4n) is 4.58. The van der Waals surface area contributed by atoms with Gasteiger partial charge in [0.25, 0.3) is 5.78 Å². The molecule has 200 valence electrons. The summed E-state index contributed by atoms with van der Waals surface area (Å²) in [7, 11) is 0. The summed E-state index contributed by atoms with van der Waals surface area (Å²) in [6, 6.07) is 15.1. The number of aliphatic hydroxyl groups excluding tert-OH is 1. The number of pyridine rings is 1. The van der Waals surface area contributed by atoms with Gasteiger partial charge in [0.2, 0.25) is 0 Å². The first kappa shape index (κ1) is 26.4. The number of benzene rings is 2. The van der Waals surface area contributed by atoms with Crippen LogP contribution in [0.15, 0.2) is 72.6 Å². The molecule has 0 spiro atoms. The number of Topliss-reactive ketones (excluding diaryl/α,β-unsaturated/α-hetero) is 1. The Kier molecular flexibility index (Phi) is 7.88. The second kappa shape index (κ2) is 11.7. The Labute approximate surface area is 230 Å². The van der Waals surface area contributed by atoms with Crippen LogP contribution in [0.2, 0.25) is 0 Å². The minimum atomic E-state index is -0.899. The molecule has 0 bridgehead atoms. The molecule has 1 N–H and O–H groups in total. The number of carbonyl (C=O) groups is 2. The van der Waals surface area contributed by atoms with Gasteiger partial charge in [-0.25, -0.2) is 4.98 Å². The number of rotatable bonds is 10. The summed E-state index contributed by atoms with van der Waals surface area (Å²) in [4.78, 5) is 37.1. The molecule has 8 nitrogen and oxygen atoms in total. The van der Waals surface area contributed by atoms with Crippen molar-refractivity contribution in [1.29, 1.82) is 0 Å². The highest BCUT2D eigenvalue weighted by molar-refractivity contribution is 7.22. The van der Waals surface area contributed by atoms with Crippen molar-refractivity contribution in [3.8, 4) is 11.5 Å². The van der Waals surface area contributed by atoms with Crippen LogP contribution in [0.25, 0.3) is 16.0 Å². The molecule has 1 aliphatic heterocycles. The zero-order chi connectivity index (χ0) is 27.4. The molecule has 9 heteroatoms. The summed E-state index contributed by atoms with van der Waals surface area (Å²) in [5.74, 6) is -0.475. The smallest absolute Gasteiger partial charge is 0.301 e. The molecule has 39 heavy (non-hydrogen) atoms. The second-order valence-electron chi connectivity index (χ2n) is 9.09. The summed E-state index contributed by atoms with van der Waals surface area (Å²) >= 11 is 1.29. The number of fused-ring (bicyclic) bond motifs is 1. The van der Waals surface area contributed by atoms with E-state index < -0.39 is 17.7 Å². The zero-order valence-electron chi connectivity index (χ0n) is 21.8. The number of hydrogen-bond acceptors (Lipinski definition) is 8. The van der Waals surface area contributed by atoms with Crippen LogP contribution in [-0.2, 0) is 9.59 Å². The van der Waals surface area contributed by atoms with Crippen LogP contribution in [0.1, 0.15) is 50.3 Å². The van der Waals surface area contributed by atoms with Crippen LogP contribution < -0.4 is 14.4 Å². The standard InChI is InChI=1S/C30H29N3O5S/c1-3-5-6-16-38-21-9-7-8-20(17-21)26-25(27(34)19-12-14-31-15-13-19)28(35)29(36)33(26)30-32-23-11-10-22(37-4-2)18-24(23)39-30/h7-15,17-18,26,34H,3-6,16H2,1-2H3/b27-25+. The van der Waals surface area contributed by atoms with Crippen LogP contribution in [0.3, 0.4) is 0 Å². The van der Waals surface area contributed by atoms with E-state index in [0.717, 1.165) is 24.0 Å². The van der Waals surface area contributed by atoms with Crippen molar-refractivity contribution in [3.63, 3.8) is 0 Å². The zero-order valence-corrected chi connectivity index (χ0v) is 22.6. The lowest BCUT2D eigenvalue weighted by molar-refractivity contribution is -0.132. The maximum atomic E-state index is 13.5. The van der Waals surface area contributed by atoms with Crippen molar-refractivity contribution < 1.29 is 24.2 Å². The number of nitrogens with zero attached hydrogens (tertiary/aromatic N) is 3. The highest BCUT2D eigenvalue weighted by atomic mass is 32.1. The van der Waals surface area contributed by atoms with Gasteiger partial charge >= 0.3 is 5.91 Å². The highest BCUT2D eigenvalue weighted by Crippen LogP contribution is 2.45.